The molecule has 1 aliphatic heterocycles. The van der Waals surface area contributed by atoms with E-state index in [0.29, 0.717) is 24.2 Å². The van der Waals surface area contributed by atoms with Gasteiger partial charge in [0, 0.05) is 28.7 Å². The third-order valence-electron chi connectivity index (χ3n) is 3.14. The van der Waals surface area contributed by atoms with E-state index < -0.39 is 0 Å². The summed E-state index contributed by atoms with van der Waals surface area (Å²) in [5.41, 5.74) is 1.22. The summed E-state index contributed by atoms with van der Waals surface area (Å²) in [5, 5.41) is 0. The Balaban J connectivity index is 2.29. The van der Waals surface area contributed by atoms with Gasteiger partial charge in [-0.25, -0.2) is 4.39 Å². The Morgan fingerprint density at radius 3 is 2.89 bits per heavy atom. The lowest BCUT2D eigenvalue weighted by atomic mass is 10.1. The molecule has 1 aliphatic rings. The highest BCUT2D eigenvalue weighted by atomic mass is 79.9. The molecule has 1 fully saturated rings. The van der Waals surface area contributed by atoms with Crippen molar-refractivity contribution in [2.75, 3.05) is 6.54 Å². The van der Waals surface area contributed by atoms with Crippen LogP contribution in [0.3, 0.4) is 0 Å². The first-order valence-corrected chi connectivity index (χ1v) is 6.83. The summed E-state index contributed by atoms with van der Waals surface area (Å²) in [6, 6.07) is 4.42. The van der Waals surface area contributed by atoms with Gasteiger partial charge in [0.25, 0.3) is 0 Å². The van der Waals surface area contributed by atoms with Crippen LogP contribution in [0, 0.1) is 5.82 Å². The van der Waals surface area contributed by atoms with Crippen LogP contribution < -0.4 is 0 Å². The number of benzene rings is 1. The first-order chi connectivity index (χ1) is 8.59. The number of halogens is 2. The van der Waals surface area contributed by atoms with Crippen LogP contribution in [0.15, 0.2) is 29.3 Å². The molecule has 2 nitrogen and oxygen atoms in total. The van der Waals surface area contributed by atoms with Crippen LogP contribution in [0.25, 0.3) is 5.70 Å². The quantitative estimate of drug-likeness (QED) is 0.809. The highest BCUT2D eigenvalue weighted by Crippen LogP contribution is 2.28. The summed E-state index contributed by atoms with van der Waals surface area (Å²) < 4.78 is 14.0. The van der Waals surface area contributed by atoms with E-state index >= 15 is 0 Å². The lowest BCUT2D eigenvalue weighted by Gasteiger charge is -2.23. The van der Waals surface area contributed by atoms with Crippen LogP contribution in [0.4, 0.5) is 4.39 Å². The molecule has 0 aliphatic carbocycles. The van der Waals surface area contributed by atoms with Crippen molar-refractivity contribution in [1.82, 2.24) is 4.90 Å². The van der Waals surface area contributed by atoms with Crippen LogP contribution in [0.5, 0.6) is 0 Å². The zero-order valence-corrected chi connectivity index (χ0v) is 11.7. The fraction of sp³-hybridized carbons (Fsp3) is 0.357. The van der Waals surface area contributed by atoms with E-state index in [1.165, 1.54) is 12.1 Å². The molecule has 0 spiro atoms. The second kappa shape index (κ2) is 5.65. The third kappa shape index (κ3) is 2.80. The Hall–Kier alpha value is -1.16. The van der Waals surface area contributed by atoms with Crippen LogP contribution in [0.2, 0.25) is 0 Å². The molecule has 1 aromatic rings. The largest absolute Gasteiger partial charge is 0.312 e. The maximum absolute atomic E-state index is 13.3. The molecule has 0 N–H and O–H groups in total. The average Bonchev–Trinajstić information content (AvgIpc) is 2.56. The zero-order valence-electron chi connectivity index (χ0n) is 10.1. The molecule has 18 heavy (non-hydrogen) atoms. The van der Waals surface area contributed by atoms with Crippen molar-refractivity contribution < 1.29 is 9.18 Å². The number of carbonyl (C=O) groups is 1. The normalized spacial score (nSPS) is 16.6. The van der Waals surface area contributed by atoms with Crippen LogP contribution in [-0.4, -0.2) is 17.4 Å². The van der Waals surface area contributed by atoms with Crippen molar-refractivity contribution >= 4 is 27.5 Å². The summed E-state index contributed by atoms with van der Waals surface area (Å²) in [6.07, 6.45) is 3.50. The van der Waals surface area contributed by atoms with Crippen molar-refractivity contribution in [2.24, 2.45) is 0 Å². The van der Waals surface area contributed by atoms with Gasteiger partial charge in [0.15, 0.2) is 0 Å². The Kier molecular flexibility index (Phi) is 4.17. The van der Waals surface area contributed by atoms with E-state index in [1.54, 1.807) is 11.0 Å². The summed E-state index contributed by atoms with van der Waals surface area (Å²) in [6.45, 7) is 4.62. The Morgan fingerprint density at radius 2 is 2.11 bits per heavy atom. The molecule has 2 rings (SSSR count). The van der Waals surface area contributed by atoms with Gasteiger partial charge >= 0.3 is 0 Å². The van der Waals surface area contributed by atoms with Crippen LogP contribution >= 0.6 is 15.9 Å². The van der Waals surface area contributed by atoms with Gasteiger partial charge in [-0.15, -0.1) is 0 Å². The molecule has 0 radical (unpaired) electrons. The fourth-order valence-corrected chi connectivity index (χ4v) is 2.61. The second-order valence-corrected chi connectivity index (χ2v) is 5.28. The zero-order chi connectivity index (χ0) is 13.1. The molecule has 0 bridgehead atoms. The molecule has 1 saturated heterocycles. The number of hydrogen-bond acceptors (Lipinski definition) is 1. The van der Waals surface area contributed by atoms with Crippen molar-refractivity contribution in [3.05, 3.63) is 40.6 Å². The van der Waals surface area contributed by atoms with E-state index in [4.69, 9.17) is 0 Å². The van der Waals surface area contributed by atoms with Gasteiger partial charge in [-0.2, -0.15) is 0 Å². The number of carbonyl (C=O) groups excluding carboxylic acids is 1. The summed E-state index contributed by atoms with van der Waals surface area (Å²) in [5.74, 6) is -0.245. The minimum absolute atomic E-state index is 0.0775. The molecule has 1 aromatic carbocycles. The van der Waals surface area contributed by atoms with E-state index in [9.17, 15) is 9.18 Å². The van der Waals surface area contributed by atoms with Gasteiger partial charge in [-0.05, 0) is 31.0 Å². The maximum Gasteiger partial charge on any atom is 0.226 e. The Morgan fingerprint density at radius 1 is 1.33 bits per heavy atom. The minimum Gasteiger partial charge on any atom is -0.312 e. The lowest BCUT2D eigenvalue weighted by molar-refractivity contribution is -0.127. The van der Waals surface area contributed by atoms with E-state index in [0.717, 1.165) is 23.7 Å². The average molecular weight is 312 g/mol. The van der Waals surface area contributed by atoms with E-state index in [1.807, 2.05) is 0 Å². The Bertz CT molecular complexity index is 487. The molecule has 96 valence electrons. The van der Waals surface area contributed by atoms with Gasteiger partial charge in [0.2, 0.25) is 5.91 Å². The predicted octanol–water partition coefficient (Wildman–Crippen LogP) is 3.96. The van der Waals surface area contributed by atoms with Crippen LogP contribution in [-0.2, 0) is 4.79 Å². The standard InChI is InChI=1S/C14H15BrFNO/c1-10(12-9-11(16)6-7-13(12)15)17-8-4-2-3-5-14(17)18/h6-7,9H,1-5,8H2. The fourth-order valence-electron chi connectivity index (χ4n) is 2.13. The lowest BCUT2D eigenvalue weighted by Crippen LogP contribution is -2.28. The molecule has 0 atom stereocenters. The summed E-state index contributed by atoms with van der Waals surface area (Å²) in [7, 11) is 0. The first kappa shape index (κ1) is 13.3. The van der Waals surface area contributed by atoms with Gasteiger partial charge in [0.1, 0.15) is 5.82 Å². The van der Waals surface area contributed by atoms with Crippen LogP contribution in [0.1, 0.15) is 31.2 Å². The number of likely N-dealkylation sites (tertiary alicyclic amines) is 1. The highest BCUT2D eigenvalue weighted by Gasteiger charge is 2.21. The number of rotatable bonds is 2. The van der Waals surface area contributed by atoms with Gasteiger partial charge in [-0.3, -0.25) is 4.79 Å². The third-order valence-corrected chi connectivity index (χ3v) is 3.83. The Labute approximate surface area is 115 Å². The monoisotopic (exact) mass is 311 g/mol. The molecule has 0 unspecified atom stereocenters. The van der Waals surface area contributed by atoms with E-state index in [-0.39, 0.29) is 11.7 Å². The molecule has 1 heterocycles. The molecule has 0 saturated carbocycles. The van der Waals surface area contributed by atoms with Gasteiger partial charge in [0.05, 0.1) is 0 Å². The van der Waals surface area contributed by atoms with Gasteiger partial charge in [-0.1, -0.05) is 28.9 Å². The van der Waals surface area contributed by atoms with Crippen molar-refractivity contribution in [3.8, 4) is 0 Å². The molecule has 1 amide bonds. The minimum atomic E-state index is -0.323. The van der Waals surface area contributed by atoms with E-state index in [2.05, 4.69) is 22.5 Å². The molecule has 0 aromatic heterocycles. The maximum atomic E-state index is 13.3. The van der Waals surface area contributed by atoms with Crippen molar-refractivity contribution in [3.63, 3.8) is 0 Å². The number of amides is 1. The number of nitrogens with zero attached hydrogens (tertiary/aromatic N) is 1. The molecular weight excluding hydrogens is 297 g/mol. The molecule has 4 heteroatoms. The second-order valence-electron chi connectivity index (χ2n) is 4.43. The predicted molar refractivity (Wildman–Crippen MR) is 73.3 cm³/mol. The SMILES string of the molecule is C=C(c1cc(F)ccc1Br)N1CCCCCC1=O. The number of hydrogen-bond donors (Lipinski definition) is 0. The van der Waals surface area contributed by atoms with Crippen molar-refractivity contribution in [1.29, 1.82) is 0 Å². The first-order valence-electron chi connectivity index (χ1n) is 6.04. The summed E-state index contributed by atoms with van der Waals surface area (Å²) >= 11 is 3.37. The summed E-state index contributed by atoms with van der Waals surface area (Å²) in [4.78, 5) is 13.7. The van der Waals surface area contributed by atoms with Crippen molar-refractivity contribution in [2.45, 2.75) is 25.7 Å². The van der Waals surface area contributed by atoms with Gasteiger partial charge < -0.3 is 4.90 Å². The topological polar surface area (TPSA) is 20.3 Å². The smallest absolute Gasteiger partial charge is 0.226 e. The molecular formula is C14H15BrFNO. The highest BCUT2D eigenvalue weighted by molar-refractivity contribution is 9.10.